The molecule has 21 heavy (non-hydrogen) atoms. The topological polar surface area (TPSA) is 31.4 Å². The van der Waals surface area contributed by atoms with Gasteiger partial charge < -0.3 is 10.2 Å². The van der Waals surface area contributed by atoms with Gasteiger partial charge in [0.25, 0.3) is 0 Å². The van der Waals surface area contributed by atoms with Crippen LogP contribution in [0.3, 0.4) is 0 Å². The Morgan fingerprint density at radius 1 is 1.14 bits per heavy atom. The Bertz CT molecular complexity index is 443. The average molecular weight is 286 g/mol. The van der Waals surface area contributed by atoms with Crippen LogP contribution in [0.5, 0.6) is 0 Å². The Balaban J connectivity index is 1.42. The van der Waals surface area contributed by atoms with E-state index >= 15 is 0 Å². The summed E-state index contributed by atoms with van der Waals surface area (Å²) in [5.41, 5.74) is 1.31. The van der Waals surface area contributed by atoms with Crippen molar-refractivity contribution in [3.8, 4) is 0 Å². The molecule has 3 atom stereocenters. The van der Waals surface area contributed by atoms with E-state index in [2.05, 4.69) is 32.2 Å². The number of nitrogens with zero attached hydrogens (tertiary/aromatic N) is 3. The molecule has 4 nitrogen and oxygen atoms in total. The van der Waals surface area contributed by atoms with Crippen LogP contribution < -0.4 is 10.2 Å². The van der Waals surface area contributed by atoms with Crippen LogP contribution in [0.15, 0.2) is 24.5 Å². The maximum absolute atomic E-state index is 4.28. The number of rotatable bonds is 2. The highest BCUT2D eigenvalue weighted by Gasteiger charge is 2.36. The lowest BCUT2D eigenvalue weighted by atomic mass is 9.83. The molecule has 114 valence electrons. The van der Waals surface area contributed by atoms with Gasteiger partial charge in [-0.3, -0.25) is 9.88 Å². The summed E-state index contributed by atoms with van der Waals surface area (Å²) in [7, 11) is 0. The molecular formula is C17H26N4. The Kier molecular flexibility index (Phi) is 3.82. The molecule has 3 aliphatic heterocycles. The fraction of sp³-hybridized carbons (Fsp3) is 0.706. The van der Waals surface area contributed by atoms with Crippen LogP contribution >= 0.6 is 0 Å². The normalized spacial score (nSPS) is 33.9. The van der Waals surface area contributed by atoms with E-state index < -0.39 is 0 Å². The summed E-state index contributed by atoms with van der Waals surface area (Å²) in [6.45, 7) is 7.41. The van der Waals surface area contributed by atoms with Gasteiger partial charge in [0.2, 0.25) is 0 Å². The molecule has 1 N–H and O–H groups in total. The molecule has 4 heteroatoms. The van der Waals surface area contributed by atoms with Crippen LogP contribution in [0.2, 0.25) is 0 Å². The van der Waals surface area contributed by atoms with E-state index in [0.29, 0.717) is 0 Å². The van der Waals surface area contributed by atoms with Crippen molar-refractivity contribution in [2.75, 3.05) is 44.2 Å². The van der Waals surface area contributed by atoms with E-state index in [0.717, 1.165) is 17.9 Å². The van der Waals surface area contributed by atoms with Gasteiger partial charge in [-0.05, 0) is 49.8 Å². The molecular weight excluding hydrogens is 260 g/mol. The number of likely N-dealkylation sites (tertiary alicyclic amines) is 1. The van der Waals surface area contributed by atoms with Crippen LogP contribution in [0.25, 0.3) is 0 Å². The predicted octanol–water partition coefficient (Wildman–Crippen LogP) is 1.59. The third kappa shape index (κ3) is 2.92. The summed E-state index contributed by atoms with van der Waals surface area (Å²) in [4.78, 5) is 9.62. The summed E-state index contributed by atoms with van der Waals surface area (Å²) in [6, 6.07) is 5.05. The monoisotopic (exact) mass is 286 g/mol. The quantitative estimate of drug-likeness (QED) is 0.895. The number of anilines is 1. The predicted molar refractivity (Wildman–Crippen MR) is 85.5 cm³/mol. The maximum Gasteiger partial charge on any atom is 0.0552 e. The van der Waals surface area contributed by atoms with E-state index in [1.54, 1.807) is 0 Å². The minimum absolute atomic E-state index is 0.786. The molecule has 4 rings (SSSR count). The highest BCUT2D eigenvalue weighted by Crippen LogP contribution is 2.32. The zero-order valence-electron chi connectivity index (χ0n) is 12.7. The summed E-state index contributed by atoms with van der Waals surface area (Å²) >= 11 is 0. The van der Waals surface area contributed by atoms with Crippen molar-refractivity contribution in [3.63, 3.8) is 0 Å². The van der Waals surface area contributed by atoms with E-state index in [1.165, 1.54) is 64.2 Å². The van der Waals surface area contributed by atoms with Gasteiger partial charge in [0.15, 0.2) is 0 Å². The third-order valence-corrected chi connectivity index (χ3v) is 5.41. The zero-order valence-corrected chi connectivity index (χ0v) is 12.7. The van der Waals surface area contributed by atoms with E-state index in [1.807, 2.05) is 12.4 Å². The lowest BCUT2D eigenvalue weighted by Crippen LogP contribution is -2.57. The Hall–Kier alpha value is -1.13. The van der Waals surface area contributed by atoms with E-state index in [4.69, 9.17) is 0 Å². The fourth-order valence-corrected chi connectivity index (χ4v) is 4.52. The Labute approximate surface area is 127 Å². The molecule has 4 heterocycles. The van der Waals surface area contributed by atoms with Crippen molar-refractivity contribution in [1.29, 1.82) is 0 Å². The van der Waals surface area contributed by atoms with E-state index in [-0.39, 0.29) is 0 Å². The first-order chi connectivity index (χ1) is 10.4. The smallest absolute Gasteiger partial charge is 0.0552 e. The van der Waals surface area contributed by atoms with Gasteiger partial charge in [0, 0.05) is 45.0 Å². The Morgan fingerprint density at radius 3 is 2.67 bits per heavy atom. The number of hydrogen-bond acceptors (Lipinski definition) is 4. The second-order valence-electron chi connectivity index (χ2n) is 7.04. The molecule has 3 fully saturated rings. The number of pyridine rings is 1. The van der Waals surface area contributed by atoms with Gasteiger partial charge in [-0.1, -0.05) is 0 Å². The maximum atomic E-state index is 4.28. The first-order valence-electron chi connectivity index (χ1n) is 8.48. The molecule has 0 amide bonds. The van der Waals surface area contributed by atoms with Crippen molar-refractivity contribution in [2.24, 2.45) is 11.8 Å². The molecule has 0 aromatic carbocycles. The van der Waals surface area contributed by atoms with Gasteiger partial charge in [-0.25, -0.2) is 0 Å². The first kappa shape index (κ1) is 13.5. The molecule has 0 spiro atoms. The average Bonchev–Trinajstić information content (AvgIpc) is 2.55. The third-order valence-electron chi connectivity index (χ3n) is 5.41. The zero-order chi connectivity index (χ0) is 14.1. The van der Waals surface area contributed by atoms with Crippen LogP contribution in [0, 0.1) is 11.8 Å². The molecule has 3 unspecified atom stereocenters. The van der Waals surface area contributed by atoms with Gasteiger partial charge in [0.1, 0.15) is 0 Å². The van der Waals surface area contributed by atoms with Gasteiger partial charge >= 0.3 is 0 Å². The number of aromatic nitrogens is 1. The number of nitrogens with one attached hydrogen (secondary N) is 1. The van der Waals surface area contributed by atoms with Crippen molar-refractivity contribution in [3.05, 3.63) is 24.5 Å². The summed E-state index contributed by atoms with van der Waals surface area (Å²) in [6.07, 6.45) is 8.04. The first-order valence-corrected chi connectivity index (χ1v) is 8.48. The number of hydrogen-bond donors (Lipinski definition) is 1. The molecule has 3 aliphatic rings. The molecule has 1 aromatic rings. The van der Waals surface area contributed by atoms with E-state index in [9.17, 15) is 0 Å². The molecule has 0 saturated carbocycles. The number of fused-ring (bicyclic) bond motifs is 2. The van der Waals surface area contributed by atoms with Crippen molar-refractivity contribution in [2.45, 2.75) is 25.3 Å². The lowest BCUT2D eigenvalue weighted by Gasteiger charge is -2.49. The Morgan fingerprint density at radius 2 is 2.00 bits per heavy atom. The molecule has 0 radical (unpaired) electrons. The molecule has 3 saturated heterocycles. The van der Waals surface area contributed by atoms with Crippen LogP contribution in [0.1, 0.15) is 19.3 Å². The van der Waals surface area contributed by atoms with Crippen LogP contribution in [-0.2, 0) is 0 Å². The van der Waals surface area contributed by atoms with Crippen molar-refractivity contribution in [1.82, 2.24) is 15.2 Å². The molecule has 2 bridgehead atoms. The lowest BCUT2D eigenvalue weighted by molar-refractivity contribution is 0.0607. The van der Waals surface area contributed by atoms with Gasteiger partial charge in [0.05, 0.1) is 11.9 Å². The highest BCUT2D eigenvalue weighted by atomic mass is 15.2. The number of piperidine rings is 3. The van der Waals surface area contributed by atoms with Crippen LogP contribution in [-0.4, -0.2) is 55.2 Å². The van der Waals surface area contributed by atoms with Gasteiger partial charge in [-0.15, -0.1) is 0 Å². The minimum atomic E-state index is 0.786. The largest absolute Gasteiger partial charge is 0.370 e. The SMILES string of the molecule is c1cncc(N2CC3CC(C2)CN(C2CCCNC2)C3)c1. The minimum Gasteiger partial charge on any atom is -0.370 e. The standard InChI is InChI=1S/C17H26N4/c1-3-16(8-18-5-1)20-10-14-7-15(11-20)13-21(12-14)17-4-2-6-19-9-17/h1,3,5,8,14-15,17,19H,2,4,6-7,9-13H2. The molecule has 0 aliphatic carbocycles. The summed E-state index contributed by atoms with van der Waals surface area (Å²) < 4.78 is 0. The highest BCUT2D eigenvalue weighted by molar-refractivity contribution is 5.44. The van der Waals surface area contributed by atoms with Crippen molar-refractivity contribution < 1.29 is 0 Å². The molecule has 1 aromatic heterocycles. The summed E-state index contributed by atoms with van der Waals surface area (Å²) in [5, 5.41) is 3.57. The second kappa shape index (κ2) is 5.93. The second-order valence-corrected chi connectivity index (χ2v) is 7.04. The van der Waals surface area contributed by atoms with Crippen LogP contribution in [0.4, 0.5) is 5.69 Å². The summed E-state index contributed by atoms with van der Waals surface area (Å²) in [5.74, 6) is 1.67. The fourth-order valence-electron chi connectivity index (χ4n) is 4.52. The van der Waals surface area contributed by atoms with Gasteiger partial charge in [-0.2, -0.15) is 0 Å². The van der Waals surface area contributed by atoms with Crippen molar-refractivity contribution >= 4 is 5.69 Å².